The van der Waals surface area contributed by atoms with Crippen LogP contribution in [0, 0.1) is 0 Å². The lowest BCUT2D eigenvalue weighted by atomic mass is 10.1. The van der Waals surface area contributed by atoms with Gasteiger partial charge < -0.3 is 14.1 Å². The van der Waals surface area contributed by atoms with E-state index >= 15 is 0 Å². The fourth-order valence-electron chi connectivity index (χ4n) is 3.86. The number of amides is 1. The van der Waals surface area contributed by atoms with Crippen molar-refractivity contribution in [2.24, 2.45) is 0 Å². The molecule has 3 aromatic rings. The maximum absolute atomic E-state index is 13.1. The zero-order chi connectivity index (χ0) is 22.9. The van der Waals surface area contributed by atoms with Crippen LogP contribution in [0.5, 0.6) is 5.75 Å². The van der Waals surface area contributed by atoms with Gasteiger partial charge in [-0.3, -0.25) is 9.36 Å². The van der Waals surface area contributed by atoms with E-state index in [9.17, 15) is 18.0 Å². The van der Waals surface area contributed by atoms with Crippen molar-refractivity contribution in [3.8, 4) is 5.75 Å². The average Bonchev–Trinajstić information content (AvgIpc) is 3.13. The van der Waals surface area contributed by atoms with Crippen molar-refractivity contribution in [2.45, 2.75) is 24.8 Å². The van der Waals surface area contributed by atoms with Crippen LogP contribution in [-0.2, 0) is 27.8 Å². The third-order valence-corrected chi connectivity index (χ3v) is 7.59. The molecule has 0 bridgehead atoms. The number of methoxy groups -OCH3 is 1. The highest BCUT2D eigenvalue weighted by Gasteiger charge is 2.30. The molecule has 0 spiro atoms. The summed E-state index contributed by atoms with van der Waals surface area (Å²) in [6.07, 6.45) is 0.251. The molecule has 0 saturated carbocycles. The Kier molecular flexibility index (Phi) is 6.07. The zero-order valence-electron chi connectivity index (χ0n) is 18.0. The summed E-state index contributed by atoms with van der Waals surface area (Å²) in [6.45, 7) is 3.29. The lowest BCUT2D eigenvalue weighted by molar-refractivity contribution is -0.131. The van der Waals surface area contributed by atoms with Crippen LogP contribution in [0.15, 0.2) is 56.6 Å². The lowest BCUT2D eigenvalue weighted by Crippen LogP contribution is -2.50. The van der Waals surface area contributed by atoms with Crippen molar-refractivity contribution < 1.29 is 22.4 Å². The van der Waals surface area contributed by atoms with Crippen LogP contribution in [0.1, 0.15) is 12.5 Å². The van der Waals surface area contributed by atoms with Crippen LogP contribution in [0.4, 0.5) is 0 Å². The summed E-state index contributed by atoms with van der Waals surface area (Å²) in [5.41, 5.74) is 1.68. The van der Waals surface area contributed by atoms with Gasteiger partial charge in [-0.2, -0.15) is 4.31 Å². The van der Waals surface area contributed by atoms with Gasteiger partial charge in [-0.05, 0) is 36.8 Å². The van der Waals surface area contributed by atoms with E-state index in [4.69, 9.17) is 9.15 Å². The molecular formula is C22H25N3O6S. The Labute approximate surface area is 185 Å². The first kappa shape index (κ1) is 22.1. The van der Waals surface area contributed by atoms with Gasteiger partial charge in [0, 0.05) is 38.8 Å². The van der Waals surface area contributed by atoms with E-state index in [0.29, 0.717) is 25.2 Å². The number of fused-ring (bicyclic) bond motifs is 1. The molecule has 2 aromatic carbocycles. The smallest absolute Gasteiger partial charge is 0.419 e. The molecule has 1 aliphatic heterocycles. The molecule has 32 heavy (non-hydrogen) atoms. The number of sulfonamides is 1. The van der Waals surface area contributed by atoms with Crippen LogP contribution in [0.2, 0.25) is 0 Å². The number of aromatic nitrogens is 1. The van der Waals surface area contributed by atoms with E-state index in [1.165, 1.54) is 21.0 Å². The van der Waals surface area contributed by atoms with Gasteiger partial charge in [0.05, 0.1) is 23.9 Å². The molecule has 2 heterocycles. The van der Waals surface area contributed by atoms with Crippen molar-refractivity contribution in [2.75, 3.05) is 33.3 Å². The van der Waals surface area contributed by atoms with Gasteiger partial charge in [-0.15, -0.1) is 0 Å². The fraction of sp³-hybridized carbons (Fsp3) is 0.364. The van der Waals surface area contributed by atoms with Crippen molar-refractivity contribution in [3.05, 3.63) is 58.6 Å². The van der Waals surface area contributed by atoms with E-state index in [0.717, 1.165) is 11.3 Å². The molecule has 1 fully saturated rings. The first-order chi connectivity index (χ1) is 15.3. The number of hydrogen-bond donors (Lipinski definition) is 0. The highest BCUT2D eigenvalue weighted by atomic mass is 32.2. The zero-order valence-corrected chi connectivity index (χ0v) is 18.8. The second-order valence-electron chi connectivity index (χ2n) is 7.55. The number of ether oxygens (including phenoxy) is 1. The molecule has 0 unspecified atom stereocenters. The third kappa shape index (κ3) is 4.15. The fourth-order valence-corrected chi connectivity index (χ4v) is 5.30. The quantitative estimate of drug-likeness (QED) is 0.556. The molecule has 0 N–H and O–H groups in total. The molecular weight excluding hydrogens is 434 g/mol. The summed E-state index contributed by atoms with van der Waals surface area (Å²) in [4.78, 5) is 26.3. The predicted octanol–water partition coefficient (Wildman–Crippen LogP) is 1.70. The molecule has 1 saturated heterocycles. The number of carbonyl (C=O) groups is 1. The number of carbonyl (C=O) groups excluding carboxylic acids is 1. The summed E-state index contributed by atoms with van der Waals surface area (Å²) >= 11 is 0. The summed E-state index contributed by atoms with van der Waals surface area (Å²) in [7, 11) is -2.18. The van der Waals surface area contributed by atoms with E-state index in [1.807, 2.05) is 19.1 Å². The van der Waals surface area contributed by atoms with Gasteiger partial charge in [0.15, 0.2) is 5.58 Å². The summed E-state index contributed by atoms with van der Waals surface area (Å²) in [5.74, 6) is 0.168. The van der Waals surface area contributed by atoms with E-state index < -0.39 is 15.8 Å². The van der Waals surface area contributed by atoms with Crippen LogP contribution >= 0.6 is 0 Å². The van der Waals surface area contributed by atoms with Gasteiger partial charge >= 0.3 is 5.76 Å². The second-order valence-corrected chi connectivity index (χ2v) is 9.49. The Hall–Kier alpha value is -3.11. The van der Waals surface area contributed by atoms with E-state index in [-0.39, 0.29) is 35.9 Å². The van der Waals surface area contributed by atoms with Gasteiger partial charge in [0.1, 0.15) is 5.75 Å². The summed E-state index contributed by atoms with van der Waals surface area (Å²) in [5, 5.41) is 0. The monoisotopic (exact) mass is 459 g/mol. The molecule has 1 aliphatic rings. The number of rotatable bonds is 6. The Morgan fingerprint density at radius 3 is 2.38 bits per heavy atom. The number of piperazine rings is 1. The Morgan fingerprint density at radius 2 is 1.75 bits per heavy atom. The highest BCUT2D eigenvalue weighted by Crippen LogP contribution is 2.23. The molecule has 1 amide bonds. The Balaban J connectivity index is 1.43. The SMILES string of the molecule is CCn1c(=O)oc2cc(S(=O)(=O)N3CCN(C(=O)Cc4ccc(OC)cc4)CC3)ccc21. The first-order valence-corrected chi connectivity index (χ1v) is 11.8. The van der Waals surface area contributed by atoms with Crippen molar-refractivity contribution in [3.63, 3.8) is 0 Å². The number of hydrogen-bond acceptors (Lipinski definition) is 6. The van der Waals surface area contributed by atoms with E-state index in [2.05, 4.69) is 0 Å². The predicted molar refractivity (Wildman–Crippen MR) is 118 cm³/mol. The molecule has 10 heteroatoms. The Bertz CT molecular complexity index is 1290. The van der Waals surface area contributed by atoms with Crippen LogP contribution in [-0.4, -0.2) is 61.4 Å². The number of oxazole rings is 1. The molecule has 0 atom stereocenters. The minimum atomic E-state index is -3.77. The minimum absolute atomic E-state index is 0.0451. The molecule has 1 aromatic heterocycles. The lowest BCUT2D eigenvalue weighted by Gasteiger charge is -2.34. The minimum Gasteiger partial charge on any atom is -0.497 e. The van der Waals surface area contributed by atoms with Gasteiger partial charge in [0.2, 0.25) is 15.9 Å². The highest BCUT2D eigenvalue weighted by molar-refractivity contribution is 7.89. The third-order valence-electron chi connectivity index (χ3n) is 5.70. The van der Waals surface area contributed by atoms with Crippen molar-refractivity contribution in [1.82, 2.24) is 13.8 Å². The molecule has 4 rings (SSSR count). The maximum atomic E-state index is 13.1. The standard InChI is InChI=1S/C22H25N3O6S/c1-3-25-19-9-8-18(15-20(19)31-22(25)27)32(28,29)24-12-10-23(11-13-24)21(26)14-16-4-6-17(30-2)7-5-16/h4-9,15H,3,10-14H2,1-2H3. The Morgan fingerprint density at radius 1 is 1.06 bits per heavy atom. The van der Waals surface area contributed by atoms with E-state index in [1.54, 1.807) is 30.2 Å². The topological polar surface area (TPSA) is 102 Å². The largest absolute Gasteiger partial charge is 0.497 e. The number of benzene rings is 2. The van der Waals surface area contributed by atoms with Crippen molar-refractivity contribution in [1.29, 1.82) is 0 Å². The van der Waals surface area contributed by atoms with Crippen molar-refractivity contribution >= 4 is 27.0 Å². The number of aryl methyl sites for hydroxylation is 1. The second kappa shape index (κ2) is 8.79. The molecule has 0 aliphatic carbocycles. The van der Waals surface area contributed by atoms with Crippen LogP contribution in [0.25, 0.3) is 11.1 Å². The molecule has 0 radical (unpaired) electrons. The van der Waals surface area contributed by atoms with Crippen LogP contribution in [0.3, 0.4) is 0 Å². The van der Waals surface area contributed by atoms with Crippen LogP contribution < -0.4 is 10.5 Å². The summed E-state index contributed by atoms with van der Waals surface area (Å²) < 4.78 is 39.3. The normalized spacial score (nSPS) is 15.2. The number of nitrogens with zero attached hydrogens (tertiary/aromatic N) is 3. The summed E-state index contributed by atoms with van der Waals surface area (Å²) in [6, 6.07) is 11.8. The van der Waals surface area contributed by atoms with Gasteiger partial charge in [-0.1, -0.05) is 12.1 Å². The average molecular weight is 460 g/mol. The van der Waals surface area contributed by atoms with Gasteiger partial charge in [-0.25, -0.2) is 13.2 Å². The van der Waals surface area contributed by atoms with Gasteiger partial charge in [0.25, 0.3) is 0 Å². The first-order valence-electron chi connectivity index (χ1n) is 10.4. The maximum Gasteiger partial charge on any atom is 0.419 e. The molecule has 9 nitrogen and oxygen atoms in total. The molecule has 170 valence electrons.